The van der Waals surface area contributed by atoms with Crippen molar-refractivity contribution in [3.63, 3.8) is 0 Å². The van der Waals surface area contributed by atoms with Crippen molar-refractivity contribution in [3.05, 3.63) is 48.0 Å². The number of nitrogens with two attached hydrogens (primary N) is 1. The summed E-state index contributed by atoms with van der Waals surface area (Å²) in [5.41, 5.74) is 8.01. The van der Waals surface area contributed by atoms with Crippen LogP contribution in [0.3, 0.4) is 0 Å². The lowest BCUT2D eigenvalue weighted by Crippen LogP contribution is -2.50. The van der Waals surface area contributed by atoms with E-state index in [0.29, 0.717) is 48.8 Å². The van der Waals surface area contributed by atoms with Crippen LogP contribution in [0.25, 0.3) is 11.0 Å². The maximum atomic E-state index is 13.9. The number of pyridine rings is 1. The van der Waals surface area contributed by atoms with Gasteiger partial charge in [-0.05, 0) is 30.7 Å². The predicted octanol–water partition coefficient (Wildman–Crippen LogP) is 2.50. The third-order valence-corrected chi connectivity index (χ3v) is 4.89. The molecule has 2 unspecified atom stereocenters. The smallest absolute Gasteiger partial charge is 0.206 e. The molecule has 27 heavy (non-hydrogen) atoms. The number of nitrogens with zero attached hydrogens (tertiary/aromatic N) is 4. The Hall–Kier alpha value is -2.74. The molecule has 3 aromatic rings. The van der Waals surface area contributed by atoms with Crippen LogP contribution in [0, 0.1) is 5.82 Å². The molecule has 1 aliphatic heterocycles. The van der Waals surface area contributed by atoms with E-state index < -0.39 is 12.2 Å². The Labute approximate surface area is 155 Å². The molecule has 1 fully saturated rings. The number of fused-ring (bicyclic) bond motifs is 1. The second-order valence-electron chi connectivity index (χ2n) is 6.73. The lowest BCUT2D eigenvalue weighted by molar-refractivity contribution is 0.243. The molecule has 6 nitrogen and oxygen atoms in total. The predicted molar refractivity (Wildman–Crippen MR) is 99.3 cm³/mol. The zero-order valence-electron chi connectivity index (χ0n) is 15.0. The number of aromatic nitrogens is 3. The normalized spacial score (nSPS) is 20.2. The molecule has 0 amide bonds. The maximum absolute atomic E-state index is 13.9. The monoisotopic (exact) mass is 373 g/mol. The minimum atomic E-state index is -1.02. The summed E-state index contributed by atoms with van der Waals surface area (Å²) < 4.78 is 34.8. The summed E-state index contributed by atoms with van der Waals surface area (Å²) in [6.45, 7) is 1.25. The van der Waals surface area contributed by atoms with Crippen LogP contribution in [0.1, 0.15) is 12.1 Å². The number of hydrogen-bond acceptors (Lipinski definition) is 5. The number of anilines is 1. The summed E-state index contributed by atoms with van der Waals surface area (Å²) in [7, 11) is 1.59. The van der Waals surface area contributed by atoms with E-state index in [9.17, 15) is 8.78 Å². The zero-order valence-corrected chi connectivity index (χ0v) is 15.0. The number of ether oxygens (including phenoxy) is 1. The van der Waals surface area contributed by atoms with Crippen molar-refractivity contribution in [1.29, 1.82) is 0 Å². The summed E-state index contributed by atoms with van der Waals surface area (Å²) >= 11 is 0. The quantitative estimate of drug-likeness (QED) is 0.761. The van der Waals surface area contributed by atoms with Gasteiger partial charge in [-0.2, -0.15) is 0 Å². The Bertz CT molecular complexity index is 960. The molecule has 2 N–H and O–H groups in total. The molecule has 2 aromatic heterocycles. The number of methoxy groups -OCH3 is 1. The van der Waals surface area contributed by atoms with E-state index in [1.54, 1.807) is 25.4 Å². The van der Waals surface area contributed by atoms with E-state index in [1.807, 2.05) is 15.5 Å². The first-order chi connectivity index (χ1) is 13.0. The Morgan fingerprint density at radius 3 is 2.93 bits per heavy atom. The summed E-state index contributed by atoms with van der Waals surface area (Å²) in [6, 6.07) is 7.50. The van der Waals surface area contributed by atoms with Crippen molar-refractivity contribution in [3.8, 4) is 5.75 Å². The van der Waals surface area contributed by atoms with E-state index in [4.69, 9.17) is 10.5 Å². The molecule has 1 aliphatic rings. The first-order valence-corrected chi connectivity index (χ1v) is 8.84. The largest absolute Gasteiger partial charge is 0.497 e. The molecule has 4 rings (SSSR count). The summed E-state index contributed by atoms with van der Waals surface area (Å²) in [6.07, 6.45) is 0.991. The van der Waals surface area contributed by atoms with E-state index in [2.05, 4.69) is 9.97 Å². The van der Waals surface area contributed by atoms with Crippen LogP contribution in [-0.2, 0) is 6.54 Å². The van der Waals surface area contributed by atoms with Gasteiger partial charge in [0.1, 0.15) is 17.7 Å². The van der Waals surface area contributed by atoms with Crippen molar-refractivity contribution in [2.75, 3.05) is 25.1 Å². The van der Waals surface area contributed by atoms with Gasteiger partial charge in [0.2, 0.25) is 5.95 Å². The van der Waals surface area contributed by atoms with Crippen LogP contribution < -0.4 is 15.4 Å². The first-order valence-electron chi connectivity index (χ1n) is 8.84. The van der Waals surface area contributed by atoms with E-state index >= 15 is 0 Å². The van der Waals surface area contributed by atoms with Crippen LogP contribution >= 0.6 is 0 Å². The first kappa shape index (κ1) is 17.7. The molecule has 0 saturated carbocycles. The molecule has 3 heterocycles. The van der Waals surface area contributed by atoms with Crippen LogP contribution in [0.5, 0.6) is 5.75 Å². The molecule has 0 radical (unpaired) electrons. The van der Waals surface area contributed by atoms with Gasteiger partial charge >= 0.3 is 0 Å². The Morgan fingerprint density at radius 1 is 1.30 bits per heavy atom. The van der Waals surface area contributed by atoms with E-state index in [0.717, 1.165) is 5.69 Å². The van der Waals surface area contributed by atoms with Crippen molar-refractivity contribution in [2.24, 2.45) is 5.73 Å². The molecule has 142 valence electrons. The van der Waals surface area contributed by atoms with Gasteiger partial charge in [0, 0.05) is 25.4 Å². The summed E-state index contributed by atoms with van der Waals surface area (Å²) in [4.78, 5) is 11.0. The third kappa shape index (κ3) is 3.44. The van der Waals surface area contributed by atoms with Gasteiger partial charge in [0.05, 0.1) is 36.4 Å². The van der Waals surface area contributed by atoms with Gasteiger partial charge in [-0.3, -0.25) is 4.98 Å². The molecule has 0 bridgehead atoms. The molecule has 2 atom stereocenters. The average molecular weight is 373 g/mol. The molecule has 1 aromatic carbocycles. The number of halogens is 2. The molecular weight excluding hydrogens is 352 g/mol. The van der Waals surface area contributed by atoms with E-state index in [-0.39, 0.29) is 5.82 Å². The fourth-order valence-electron chi connectivity index (χ4n) is 3.45. The van der Waals surface area contributed by atoms with Gasteiger partial charge in [0.25, 0.3) is 0 Å². The lowest BCUT2D eigenvalue weighted by atomic mass is 10.1. The second-order valence-corrected chi connectivity index (χ2v) is 6.73. The number of piperidine rings is 1. The second kappa shape index (κ2) is 7.11. The highest BCUT2D eigenvalue weighted by Crippen LogP contribution is 2.27. The highest BCUT2D eigenvalue weighted by atomic mass is 19.1. The van der Waals surface area contributed by atoms with Gasteiger partial charge in [-0.15, -0.1) is 0 Å². The number of benzene rings is 1. The summed E-state index contributed by atoms with van der Waals surface area (Å²) in [5.74, 6) is 0.993. The van der Waals surface area contributed by atoms with Crippen LogP contribution in [0.4, 0.5) is 14.7 Å². The average Bonchev–Trinajstić information content (AvgIpc) is 3.02. The minimum absolute atomic E-state index is 0.340. The molecule has 8 heteroatoms. The fraction of sp³-hybridized carbons (Fsp3) is 0.368. The SMILES string of the molecule is COc1ccnc(Cn2c(N3CCC(F)C(N)C3)nc3ccc(F)cc32)c1. The zero-order chi connectivity index (χ0) is 19.0. The highest BCUT2D eigenvalue weighted by Gasteiger charge is 2.29. The standard InChI is InChI=1S/C19H21F2N5O/c1-27-14-4-6-23-13(9-14)10-26-18-8-12(20)2-3-17(18)24-19(26)25-7-5-15(21)16(22)11-25/h2-4,6,8-9,15-16H,5,7,10-11,22H2,1H3. The highest BCUT2D eigenvalue weighted by molar-refractivity contribution is 5.79. The van der Waals surface area contributed by atoms with E-state index in [1.165, 1.54) is 12.1 Å². The van der Waals surface area contributed by atoms with Gasteiger partial charge in [-0.1, -0.05) is 0 Å². The number of alkyl halides is 1. The molecule has 0 aliphatic carbocycles. The third-order valence-electron chi connectivity index (χ3n) is 4.89. The van der Waals surface area contributed by atoms with Crippen LogP contribution in [0.15, 0.2) is 36.5 Å². The molecular formula is C19H21F2N5O. The molecule has 1 saturated heterocycles. The fourth-order valence-corrected chi connectivity index (χ4v) is 3.45. The van der Waals surface area contributed by atoms with Crippen molar-refractivity contribution >= 4 is 17.0 Å². The maximum Gasteiger partial charge on any atom is 0.206 e. The Kier molecular flexibility index (Phi) is 4.65. The topological polar surface area (TPSA) is 69.2 Å². The summed E-state index contributed by atoms with van der Waals surface area (Å²) in [5, 5.41) is 0. The number of rotatable bonds is 4. The lowest BCUT2D eigenvalue weighted by Gasteiger charge is -2.34. The van der Waals surface area contributed by atoms with Crippen molar-refractivity contribution < 1.29 is 13.5 Å². The van der Waals surface area contributed by atoms with Gasteiger partial charge in [-0.25, -0.2) is 13.8 Å². The van der Waals surface area contributed by atoms with Crippen molar-refractivity contribution in [2.45, 2.75) is 25.2 Å². The Balaban J connectivity index is 1.77. The number of imidazole rings is 1. The van der Waals surface area contributed by atoms with Crippen LogP contribution in [0.2, 0.25) is 0 Å². The van der Waals surface area contributed by atoms with Gasteiger partial charge in [0.15, 0.2) is 0 Å². The molecule has 0 spiro atoms. The minimum Gasteiger partial charge on any atom is -0.497 e. The van der Waals surface area contributed by atoms with Crippen LogP contribution in [-0.4, -0.2) is 46.9 Å². The van der Waals surface area contributed by atoms with Gasteiger partial charge < -0.3 is 19.9 Å². The Morgan fingerprint density at radius 2 is 2.15 bits per heavy atom. The van der Waals surface area contributed by atoms with Crippen molar-refractivity contribution in [1.82, 2.24) is 14.5 Å². The number of hydrogen-bond donors (Lipinski definition) is 1.